The van der Waals surface area contributed by atoms with E-state index in [2.05, 4.69) is 45.2 Å². The van der Waals surface area contributed by atoms with Crippen LogP contribution >= 0.6 is 0 Å². The van der Waals surface area contributed by atoms with Crippen molar-refractivity contribution in [1.82, 2.24) is 0 Å². The molecule has 1 aliphatic rings. The fourth-order valence-electron chi connectivity index (χ4n) is 4.91. The van der Waals surface area contributed by atoms with Gasteiger partial charge in [-0.15, -0.1) is 0 Å². The van der Waals surface area contributed by atoms with Crippen LogP contribution in [-0.4, -0.2) is 36.9 Å². The number of hydrogen-bond acceptors (Lipinski definition) is 5. The van der Waals surface area contributed by atoms with E-state index in [0.29, 0.717) is 11.5 Å². The predicted molar refractivity (Wildman–Crippen MR) is 140 cm³/mol. The molecule has 1 fully saturated rings. The Balaban J connectivity index is 2.13. The van der Waals surface area contributed by atoms with E-state index in [1.165, 1.54) is 62.5 Å². The average Bonchev–Trinajstić information content (AvgIpc) is 2.88. The molecule has 1 saturated carbocycles. The van der Waals surface area contributed by atoms with Crippen molar-refractivity contribution < 1.29 is 24.2 Å². The van der Waals surface area contributed by atoms with Crippen LogP contribution in [-0.2, 0) is 25.5 Å². The molecular formula is C30H44O5. The molecule has 1 N–H and O–H groups in total. The minimum Gasteiger partial charge on any atom is -0.462 e. The summed E-state index contributed by atoms with van der Waals surface area (Å²) in [6, 6.07) is 6.48. The van der Waals surface area contributed by atoms with Gasteiger partial charge in [0.2, 0.25) is 0 Å². The van der Waals surface area contributed by atoms with Crippen LogP contribution in [0.5, 0.6) is 0 Å². The number of unbranched alkanes of at least 4 members (excludes halogenated alkanes) is 2. The molecule has 0 bridgehead atoms. The number of aliphatic hydroxyl groups excluding tert-OH is 1. The van der Waals surface area contributed by atoms with Gasteiger partial charge in [0, 0.05) is 5.57 Å². The minimum atomic E-state index is -0.647. The van der Waals surface area contributed by atoms with Crippen LogP contribution in [0.25, 0.3) is 0 Å². The zero-order valence-electron chi connectivity index (χ0n) is 21.9. The van der Waals surface area contributed by atoms with Gasteiger partial charge >= 0.3 is 11.9 Å². The summed E-state index contributed by atoms with van der Waals surface area (Å²) in [6.07, 6.45) is 11.4. The molecule has 1 atom stereocenters. The summed E-state index contributed by atoms with van der Waals surface area (Å²) in [5.41, 5.74) is 4.02. The van der Waals surface area contributed by atoms with Crippen LogP contribution in [0.15, 0.2) is 42.5 Å². The third kappa shape index (κ3) is 8.96. The summed E-state index contributed by atoms with van der Waals surface area (Å²) in [6.45, 7) is 12.8. The lowest BCUT2D eigenvalue weighted by molar-refractivity contribution is -0.142. The van der Waals surface area contributed by atoms with Crippen molar-refractivity contribution in [2.45, 2.75) is 90.4 Å². The Morgan fingerprint density at radius 2 is 1.69 bits per heavy atom. The topological polar surface area (TPSA) is 72.8 Å². The maximum Gasteiger partial charge on any atom is 0.335 e. The molecule has 1 aromatic carbocycles. The summed E-state index contributed by atoms with van der Waals surface area (Å²) >= 11 is 0. The first-order valence-corrected chi connectivity index (χ1v) is 13.2. The number of ether oxygens (including phenoxy) is 2. The van der Waals surface area contributed by atoms with Gasteiger partial charge < -0.3 is 14.6 Å². The van der Waals surface area contributed by atoms with Crippen molar-refractivity contribution >= 4 is 11.9 Å². The molecule has 0 aromatic heterocycles. The van der Waals surface area contributed by atoms with Crippen molar-refractivity contribution in [3.8, 4) is 0 Å². The predicted octanol–water partition coefficient (Wildman–Crippen LogP) is 6.40. The maximum atomic E-state index is 12.0. The molecule has 2 rings (SSSR count). The first-order chi connectivity index (χ1) is 16.8. The maximum absolute atomic E-state index is 12.0. The Bertz CT molecular complexity index is 863. The lowest BCUT2D eigenvalue weighted by Crippen LogP contribution is -2.21. The van der Waals surface area contributed by atoms with E-state index >= 15 is 0 Å². The van der Waals surface area contributed by atoms with Crippen LogP contribution in [0.2, 0.25) is 0 Å². The number of benzene rings is 1. The number of esters is 2. The number of carbonyl (C=O) groups excluding carboxylic acids is 2. The zero-order chi connectivity index (χ0) is 25.8. The molecule has 0 saturated heterocycles. The lowest BCUT2D eigenvalue weighted by atomic mass is 9.75. The van der Waals surface area contributed by atoms with Gasteiger partial charge in [-0.05, 0) is 67.6 Å². The van der Waals surface area contributed by atoms with Crippen molar-refractivity contribution in [2.75, 3.05) is 19.8 Å². The molecule has 0 heterocycles. The summed E-state index contributed by atoms with van der Waals surface area (Å²) in [5.74, 6) is 0.0306. The molecule has 194 valence electrons. The highest BCUT2D eigenvalue weighted by molar-refractivity contribution is 5.88. The lowest BCUT2D eigenvalue weighted by Gasteiger charge is -2.30. The normalized spacial score (nSPS) is 18.5. The molecule has 0 spiro atoms. The molecule has 35 heavy (non-hydrogen) atoms. The highest BCUT2D eigenvalue weighted by Crippen LogP contribution is 2.39. The highest BCUT2D eigenvalue weighted by atomic mass is 16.5. The monoisotopic (exact) mass is 484 g/mol. The number of hydrogen-bond donors (Lipinski definition) is 1. The fourth-order valence-corrected chi connectivity index (χ4v) is 4.91. The van der Waals surface area contributed by atoms with Crippen molar-refractivity contribution in [2.24, 2.45) is 5.92 Å². The third-order valence-electron chi connectivity index (χ3n) is 7.18. The van der Waals surface area contributed by atoms with Crippen LogP contribution in [0.4, 0.5) is 0 Å². The molecule has 0 radical (unpaired) electrons. The number of aliphatic hydroxyl groups is 1. The molecule has 1 aromatic rings. The van der Waals surface area contributed by atoms with Gasteiger partial charge in [0.25, 0.3) is 0 Å². The fraction of sp³-hybridized carbons (Fsp3) is 0.600. The Kier molecular flexibility index (Phi) is 12.3. The average molecular weight is 485 g/mol. The molecule has 5 heteroatoms. The van der Waals surface area contributed by atoms with E-state index in [4.69, 9.17) is 14.6 Å². The Labute approximate surface area is 211 Å². The second kappa shape index (κ2) is 14.9. The zero-order valence-corrected chi connectivity index (χ0v) is 21.9. The van der Waals surface area contributed by atoms with E-state index in [-0.39, 0.29) is 24.7 Å². The summed E-state index contributed by atoms with van der Waals surface area (Å²) < 4.78 is 10.8. The van der Waals surface area contributed by atoms with Crippen LogP contribution < -0.4 is 0 Å². The molecule has 0 amide bonds. The van der Waals surface area contributed by atoms with Gasteiger partial charge in [-0.3, -0.25) is 0 Å². The van der Waals surface area contributed by atoms with Gasteiger partial charge in [0.1, 0.15) is 13.2 Å². The standard InChI is InChI=1S/C30H44O5/c1-6-8-9-10-23-11-13-25(14-12-23)28-16-15-26(17-24(28)7-2)27(19-34-29(32)21(3)4)20-35-30(33)22(5)18-31/h15-17,23,25,27,31H,3,5-14,18-20H2,1-2,4H3. The van der Waals surface area contributed by atoms with E-state index in [1.54, 1.807) is 6.92 Å². The SMILES string of the molecule is C=C(C)C(=O)OCC(COC(=O)C(=C)CO)c1ccc(C2CCC(CCCCC)CC2)c(CC)c1. The summed E-state index contributed by atoms with van der Waals surface area (Å²) in [7, 11) is 0. The quantitative estimate of drug-likeness (QED) is 0.188. The second-order valence-electron chi connectivity index (χ2n) is 9.96. The van der Waals surface area contributed by atoms with E-state index in [1.807, 2.05) is 0 Å². The molecule has 1 unspecified atom stereocenters. The van der Waals surface area contributed by atoms with Gasteiger partial charge in [0.05, 0.1) is 18.1 Å². The largest absolute Gasteiger partial charge is 0.462 e. The van der Waals surface area contributed by atoms with Gasteiger partial charge in [-0.1, -0.05) is 70.9 Å². The van der Waals surface area contributed by atoms with E-state index in [9.17, 15) is 9.59 Å². The first kappa shape index (κ1) is 28.8. The smallest absolute Gasteiger partial charge is 0.335 e. The number of carbonyl (C=O) groups is 2. The first-order valence-electron chi connectivity index (χ1n) is 13.2. The summed E-state index contributed by atoms with van der Waals surface area (Å²) in [5, 5.41) is 9.14. The van der Waals surface area contributed by atoms with E-state index < -0.39 is 18.5 Å². The molecular weight excluding hydrogens is 440 g/mol. The van der Waals surface area contributed by atoms with Crippen LogP contribution in [0, 0.1) is 5.92 Å². The summed E-state index contributed by atoms with van der Waals surface area (Å²) in [4.78, 5) is 24.0. The van der Waals surface area contributed by atoms with E-state index in [0.717, 1.165) is 17.9 Å². The third-order valence-corrected chi connectivity index (χ3v) is 7.18. The highest BCUT2D eigenvalue weighted by Gasteiger charge is 2.25. The van der Waals surface area contributed by atoms with Crippen molar-refractivity contribution in [3.05, 3.63) is 59.2 Å². The molecule has 5 nitrogen and oxygen atoms in total. The Morgan fingerprint density at radius 1 is 1.03 bits per heavy atom. The van der Waals surface area contributed by atoms with Gasteiger partial charge in [-0.2, -0.15) is 0 Å². The van der Waals surface area contributed by atoms with Gasteiger partial charge in [-0.25, -0.2) is 9.59 Å². The Morgan fingerprint density at radius 3 is 2.26 bits per heavy atom. The number of aryl methyl sites for hydroxylation is 1. The van der Waals surface area contributed by atoms with Crippen LogP contribution in [0.3, 0.4) is 0 Å². The Hall–Kier alpha value is -2.40. The molecule has 0 aliphatic heterocycles. The van der Waals surface area contributed by atoms with Gasteiger partial charge in [0.15, 0.2) is 0 Å². The number of rotatable bonds is 14. The molecule has 1 aliphatic carbocycles. The minimum absolute atomic E-state index is 0.00225. The second-order valence-corrected chi connectivity index (χ2v) is 9.96. The van der Waals surface area contributed by atoms with Crippen molar-refractivity contribution in [1.29, 1.82) is 0 Å². The van der Waals surface area contributed by atoms with Crippen molar-refractivity contribution in [3.63, 3.8) is 0 Å². The van der Waals surface area contributed by atoms with Crippen LogP contribution in [0.1, 0.15) is 101 Å².